The van der Waals surface area contributed by atoms with E-state index in [1.165, 1.54) is 0 Å². The summed E-state index contributed by atoms with van der Waals surface area (Å²) in [6.07, 6.45) is 0. The van der Waals surface area contributed by atoms with E-state index in [0.717, 1.165) is 0 Å². The Kier molecular flexibility index (Phi) is 3.93. The molecule has 0 aliphatic heterocycles. The van der Waals surface area contributed by atoms with Gasteiger partial charge in [-0.15, -0.1) is 0 Å². The van der Waals surface area contributed by atoms with Crippen molar-refractivity contribution in [3.05, 3.63) is 28.2 Å². The molecule has 0 radical (unpaired) electrons. The van der Waals surface area contributed by atoms with E-state index in [2.05, 4.69) is 10.5 Å². The molecule has 4 nitrogen and oxygen atoms in total. The number of anilines is 1. The Morgan fingerprint density at radius 3 is 2.20 bits per heavy atom. The van der Waals surface area contributed by atoms with Crippen LogP contribution < -0.4 is 5.43 Å². The topological polar surface area (TPSA) is 72.0 Å². The molecule has 74 valence electrons. The van der Waals surface area contributed by atoms with Crippen molar-refractivity contribution in [1.82, 2.24) is 0 Å². The van der Waals surface area contributed by atoms with Crippen LogP contribution in [0.25, 0.3) is 0 Å². The summed E-state index contributed by atoms with van der Waals surface area (Å²) in [5.74, 6) is 0. The van der Waals surface area contributed by atoms with Crippen LogP contribution in [-0.2, 0) is 0 Å². The van der Waals surface area contributed by atoms with Gasteiger partial charge in [0, 0.05) is 0 Å². The monoisotopic (exact) mass is 238 g/mol. The average molecular weight is 239 g/mol. The molecule has 0 saturated heterocycles. The van der Waals surface area contributed by atoms with Crippen LogP contribution in [0, 0.1) is 22.7 Å². The molecule has 0 heterocycles. The molecular weight excluding hydrogens is 235 g/mol. The molecule has 0 aromatic heterocycles. The molecule has 6 heteroatoms. The molecule has 0 spiro atoms. The summed E-state index contributed by atoms with van der Waals surface area (Å²) in [5, 5.41) is 21.1. The van der Waals surface area contributed by atoms with Crippen molar-refractivity contribution >= 4 is 34.6 Å². The molecule has 1 rings (SSSR count). The fourth-order valence-electron chi connectivity index (χ4n) is 0.791. The Morgan fingerprint density at radius 2 is 1.73 bits per heavy atom. The molecule has 0 aliphatic rings. The van der Waals surface area contributed by atoms with Gasteiger partial charge in [-0.1, -0.05) is 29.3 Å². The molecule has 0 unspecified atom stereocenters. The summed E-state index contributed by atoms with van der Waals surface area (Å²) >= 11 is 11.6. The van der Waals surface area contributed by atoms with Gasteiger partial charge in [-0.25, -0.2) is 0 Å². The first-order valence-corrected chi connectivity index (χ1v) is 4.52. The van der Waals surface area contributed by atoms with Crippen molar-refractivity contribution in [2.75, 3.05) is 5.43 Å². The van der Waals surface area contributed by atoms with E-state index in [9.17, 15) is 0 Å². The zero-order valence-electron chi connectivity index (χ0n) is 7.33. The third-order valence-corrected chi connectivity index (χ3v) is 2.08. The number of nitrogens with one attached hydrogen (secondary N) is 1. The third kappa shape index (κ3) is 2.85. The summed E-state index contributed by atoms with van der Waals surface area (Å²) in [6, 6.07) is 8.11. The lowest BCUT2D eigenvalue weighted by atomic mass is 10.3. The normalized spacial score (nSPS) is 8.53. The smallest absolute Gasteiger partial charge is 0.237 e. The minimum Gasteiger partial charge on any atom is -0.273 e. The van der Waals surface area contributed by atoms with Gasteiger partial charge < -0.3 is 0 Å². The number of benzene rings is 1. The van der Waals surface area contributed by atoms with Crippen LogP contribution in [0.1, 0.15) is 0 Å². The molecule has 15 heavy (non-hydrogen) atoms. The second-order valence-electron chi connectivity index (χ2n) is 2.39. The maximum atomic E-state index is 8.43. The predicted molar refractivity (Wildman–Crippen MR) is 58.7 cm³/mol. The fraction of sp³-hybridized carbons (Fsp3) is 0. The Bertz CT molecular complexity index is 446. The lowest BCUT2D eigenvalue weighted by molar-refractivity contribution is 1.34. The van der Waals surface area contributed by atoms with E-state index in [0.29, 0.717) is 15.7 Å². The summed E-state index contributed by atoms with van der Waals surface area (Å²) in [6.45, 7) is 0. The van der Waals surface area contributed by atoms with Gasteiger partial charge >= 0.3 is 0 Å². The van der Waals surface area contributed by atoms with Gasteiger partial charge in [-0.05, 0) is 12.1 Å². The number of rotatable bonds is 2. The average Bonchev–Trinajstić information content (AvgIpc) is 2.23. The third-order valence-electron chi connectivity index (χ3n) is 1.45. The van der Waals surface area contributed by atoms with E-state index >= 15 is 0 Å². The number of halogens is 2. The van der Waals surface area contributed by atoms with Crippen LogP contribution in [0.4, 0.5) is 5.69 Å². The number of hydrogen-bond acceptors (Lipinski definition) is 4. The van der Waals surface area contributed by atoms with Crippen molar-refractivity contribution in [2.45, 2.75) is 0 Å². The highest BCUT2D eigenvalue weighted by molar-refractivity contribution is 6.39. The summed E-state index contributed by atoms with van der Waals surface area (Å²) in [4.78, 5) is 0. The minimum atomic E-state index is -0.300. The summed E-state index contributed by atoms with van der Waals surface area (Å²) < 4.78 is 0. The lowest BCUT2D eigenvalue weighted by Crippen LogP contribution is -1.97. The first kappa shape index (κ1) is 11.3. The highest BCUT2D eigenvalue weighted by Gasteiger charge is 2.04. The minimum absolute atomic E-state index is 0.300. The van der Waals surface area contributed by atoms with Crippen molar-refractivity contribution in [1.29, 1.82) is 10.5 Å². The molecule has 0 atom stereocenters. The Hall–Kier alpha value is -1.75. The number of nitriles is 2. The maximum Gasteiger partial charge on any atom is 0.237 e. The Morgan fingerprint density at radius 1 is 1.20 bits per heavy atom. The van der Waals surface area contributed by atoms with Gasteiger partial charge in [-0.2, -0.15) is 15.6 Å². The second kappa shape index (κ2) is 5.21. The summed E-state index contributed by atoms with van der Waals surface area (Å²) in [5.41, 5.74) is 2.53. The number of nitrogens with zero attached hydrogens (tertiary/aromatic N) is 3. The van der Waals surface area contributed by atoms with Crippen LogP contribution >= 0.6 is 23.2 Å². The first-order valence-electron chi connectivity index (χ1n) is 3.77. The van der Waals surface area contributed by atoms with Crippen molar-refractivity contribution < 1.29 is 0 Å². The number of para-hydroxylation sites is 1. The fourth-order valence-corrected chi connectivity index (χ4v) is 1.27. The first-order chi connectivity index (χ1) is 7.19. The van der Waals surface area contributed by atoms with Gasteiger partial charge in [0.15, 0.2) is 0 Å². The molecule has 1 aromatic rings. The van der Waals surface area contributed by atoms with Crippen LogP contribution in [0.3, 0.4) is 0 Å². The van der Waals surface area contributed by atoms with Crippen LogP contribution in [0.2, 0.25) is 10.0 Å². The Labute approximate surface area is 96.3 Å². The number of hydrogen-bond donors (Lipinski definition) is 1. The van der Waals surface area contributed by atoms with Gasteiger partial charge in [0.1, 0.15) is 12.1 Å². The van der Waals surface area contributed by atoms with E-state index in [1.54, 1.807) is 30.3 Å². The van der Waals surface area contributed by atoms with E-state index in [-0.39, 0.29) is 5.71 Å². The maximum absolute atomic E-state index is 8.43. The van der Waals surface area contributed by atoms with Crippen molar-refractivity contribution in [3.63, 3.8) is 0 Å². The second-order valence-corrected chi connectivity index (χ2v) is 3.21. The molecule has 0 fully saturated rings. The summed E-state index contributed by atoms with van der Waals surface area (Å²) in [7, 11) is 0. The van der Waals surface area contributed by atoms with E-state index < -0.39 is 0 Å². The molecule has 0 aliphatic carbocycles. The van der Waals surface area contributed by atoms with Crippen LogP contribution in [0.15, 0.2) is 23.3 Å². The standard InChI is InChI=1S/C9H4Cl2N4/c10-7-2-1-3-8(11)9(7)15-14-6(4-12)5-13/h1-3,15H. The molecule has 0 bridgehead atoms. The molecule has 0 amide bonds. The lowest BCUT2D eigenvalue weighted by Gasteiger charge is -2.04. The largest absolute Gasteiger partial charge is 0.273 e. The van der Waals surface area contributed by atoms with Crippen LogP contribution in [0.5, 0.6) is 0 Å². The highest BCUT2D eigenvalue weighted by atomic mass is 35.5. The highest BCUT2D eigenvalue weighted by Crippen LogP contribution is 2.29. The quantitative estimate of drug-likeness (QED) is 0.637. The zero-order valence-corrected chi connectivity index (χ0v) is 8.84. The van der Waals surface area contributed by atoms with Gasteiger partial charge in [0.05, 0.1) is 15.7 Å². The molecule has 1 aromatic carbocycles. The molecular formula is C9H4Cl2N4. The van der Waals surface area contributed by atoms with Crippen molar-refractivity contribution in [2.24, 2.45) is 5.10 Å². The SMILES string of the molecule is N#CC(C#N)=NNc1c(Cl)cccc1Cl. The molecule has 1 N–H and O–H groups in total. The van der Waals surface area contributed by atoms with Gasteiger partial charge in [0.25, 0.3) is 0 Å². The zero-order chi connectivity index (χ0) is 11.3. The van der Waals surface area contributed by atoms with E-state index in [4.69, 9.17) is 33.7 Å². The van der Waals surface area contributed by atoms with Crippen LogP contribution in [-0.4, -0.2) is 5.71 Å². The van der Waals surface area contributed by atoms with Gasteiger partial charge in [-0.3, -0.25) is 5.43 Å². The van der Waals surface area contributed by atoms with Gasteiger partial charge in [0.2, 0.25) is 5.71 Å². The van der Waals surface area contributed by atoms with E-state index in [1.807, 2.05) is 0 Å². The van der Waals surface area contributed by atoms with Crippen molar-refractivity contribution in [3.8, 4) is 12.1 Å². The number of hydrazone groups is 1. The molecule has 0 saturated carbocycles. The Balaban J connectivity index is 2.98. The predicted octanol–water partition coefficient (Wildman–Crippen LogP) is 2.81.